The Morgan fingerprint density at radius 2 is 1.87 bits per heavy atom. The van der Waals surface area contributed by atoms with Gasteiger partial charge in [0.25, 0.3) is 0 Å². The van der Waals surface area contributed by atoms with Gasteiger partial charge in [-0.1, -0.05) is 26.7 Å². The van der Waals surface area contributed by atoms with Crippen molar-refractivity contribution in [2.24, 2.45) is 0 Å². The van der Waals surface area contributed by atoms with Crippen LogP contribution in [0.3, 0.4) is 0 Å². The molecule has 2 atom stereocenters. The number of hydrogen-bond donors (Lipinski definition) is 1. The molecule has 1 aliphatic carbocycles. The molecule has 1 N–H and O–H groups in total. The molecule has 0 spiro atoms. The first-order valence-corrected chi connectivity index (χ1v) is 6.84. The van der Waals surface area contributed by atoms with E-state index < -0.39 is 0 Å². The van der Waals surface area contributed by atoms with Crippen LogP contribution < -0.4 is 5.32 Å². The molecule has 2 rings (SSSR count). The topological polar surface area (TPSA) is 15.3 Å². The third kappa shape index (κ3) is 2.54. The molecule has 0 amide bonds. The average Bonchev–Trinajstić information content (AvgIpc) is 2.81. The van der Waals surface area contributed by atoms with Crippen LogP contribution in [-0.4, -0.2) is 36.1 Å². The molecule has 0 aromatic carbocycles. The minimum atomic E-state index is 0.744. The molecule has 2 unspecified atom stereocenters. The van der Waals surface area contributed by atoms with E-state index in [-0.39, 0.29) is 0 Å². The largest absolute Gasteiger partial charge is 0.311 e. The van der Waals surface area contributed by atoms with E-state index in [0.29, 0.717) is 0 Å². The minimum Gasteiger partial charge on any atom is -0.311 e. The Bertz CT molecular complexity index is 185. The lowest BCUT2D eigenvalue weighted by atomic mass is 10.0. The lowest BCUT2D eigenvalue weighted by Gasteiger charge is -2.43. The van der Waals surface area contributed by atoms with Crippen molar-refractivity contribution < 1.29 is 0 Å². The first-order valence-electron chi connectivity index (χ1n) is 6.84. The summed E-state index contributed by atoms with van der Waals surface area (Å²) in [4.78, 5) is 2.82. The lowest BCUT2D eigenvalue weighted by molar-refractivity contribution is 0.0800. The molecule has 1 saturated heterocycles. The van der Waals surface area contributed by atoms with Crippen LogP contribution in [0.5, 0.6) is 0 Å². The van der Waals surface area contributed by atoms with Gasteiger partial charge in [0.15, 0.2) is 0 Å². The molecule has 1 aliphatic heterocycles. The van der Waals surface area contributed by atoms with E-state index in [1.54, 1.807) is 0 Å². The summed E-state index contributed by atoms with van der Waals surface area (Å²) < 4.78 is 0. The Kier molecular flexibility index (Phi) is 4.04. The van der Waals surface area contributed by atoms with Gasteiger partial charge >= 0.3 is 0 Å². The van der Waals surface area contributed by atoms with Crippen molar-refractivity contribution in [1.82, 2.24) is 10.2 Å². The molecule has 15 heavy (non-hydrogen) atoms. The summed E-state index contributed by atoms with van der Waals surface area (Å²) in [5, 5.41) is 3.68. The second-order valence-corrected chi connectivity index (χ2v) is 5.21. The van der Waals surface area contributed by atoms with Crippen LogP contribution in [0.1, 0.15) is 52.4 Å². The predicted octanol–water partition coefficient (Wildman–Crippen LogP) is 2.39. The molecular weight excluding hydrogens is 184 g/mol. The van der Waals surface area contributed by atoms with Gasteiger partial charge in [0.05, 0.1) is 0 Å². The second kappa shape index (κ2) is 5.31. The van der Waals surface area contributed by atoms with Gasteiger partial charge in [-0.3, -0.25) is 4.90 Å². The van der Waals surface area contributed by atoms with Crippen molar-refractivity contribution >= 4 is 0 Å². The van der Waals surface area contributed by atoms with Crippen LogP contribution in [0.4, 0.5) is 0 Å². The minimum absolute atomic E-state index is 0.744. The number of hydrogen-bond acceptors (Lipinski definition) is 2. The summed E-state index contributed by atoms with van der Waals surface area (Å²) in [6.45, 7) is 7.14. The molecule has 0 bridgehead atoms. The van der Waals surface area contributed by atoms with Gasteiger partial charge in [0.2, 0.25) is 0 Å². The van der Waals surface area contributed by atoms with Crippen LogP contribution in [0, 0.1) is 0 Å². The summed E-state index contributed by atoms with van der Waals surface area (Å²) >= 11 is 0. The van der Waals surface area contributed by atoms with Crippen molar-refractivity contribution in [3.8, 4) is 0 Å². The Hall–Kier alpha value is -0.0800. The van der Waals surface area contributed by atoms with Crippen LogP contribution >= 0.6 is 0 Å². The Labute approximate surface area is 94.4 Å². The third-order valence-corrected chi connectivity index (χ3v) is 4.30. The second-order valence-electron chi connectivity index (χ2n) is 5.21. The highest BCUT2D eigenvalue weighted by atomic mass is 15.3. The fourth-order valence-corrected chi connectivity index (χ4v) is 3.22. The molecule has 2 fully saturated rings. The first-order chi connectivity index (χ1) is 7.35. The van der Waals surface area contributed by atoms with E-state index >= 15 is 0 Å². The van der Waals surface area contributed by atoms with Gasteiger partial charge in [-0.2, -0.15) is 0 Å². The molecule has 0 aromatic rings. The Balaban J connectivity index is 1.96. The van der Waals surface area contributed by atoms with Gasteiger partial charge in [-0.05, 0) is 25.7 Å². The van der Waals surface area contributed by atoms with E-state index in [1.165, 1.54) is 51.6 Å². The maximum Gasteiger partial charge on any atom is 0.0221 e. The highest BCUT2D eigenvalue weighted by Gasteiger charge is 2.32. The van der Waals surface area contributed by atoms with E-state index in [1.807, 2.05) is 0 Å². The zero-order chi connectivity index (χ0) is 10.7. The van der Waals surface area contributed by atoms with Gasteiger partial charge in [0.1, 0.15) is 0 Å². The predicted molar refractivity (Wildman–Crippen MR) is 65.1 cm³/mol. The van der Waals surface area contributed by atoms with Crippen LogP contribution in [-0.2, 0) is 0 Å². The molecule has 0 aromatic heterocycles. The van der Waals surface area contributed by atoms with Crippen molar-refractivity contribution in [2.45, 2.75) is 70.5 Å². The van der Waals surface area contributed by atoms with Gasteiger partial charge in [-0.25, -0.2) is 0 Å². The molecule has 2 nitrogen and oxygen atoms in total. The van der Waals surface area contributed by atoms with E-state index in [2.05, 4.69) is 24.1 Å². The van der Waals surface area contributed by atoms with E-state index in [4.69, 9.17) is 0 Å². The number of piperazine rings is 1. The van der Waals surface area contributed by atoms with Gasteiger partial charge in [0, 0.05) is 31.2 Å². The highest BCUT2D eigenvalue weighted by molar-refractivity contribution is 4.90. The summed E-state index contributed by atoms with van der Waals surface area (Å²) in [6, 6.07) is 2.45. The van der Waals surface area contributed by atoms with Crippen LogP contribution in [0.15, 0.2) is 0 Å². The molecule has 88 valence electrons. The van der Waals surface area contributed by atoms with Crippen molar-refractivity contribution in [3.05, 3.63) is 0 Å². The number of nitrogens with zero attached hydrogens (tertiary/aromatic N) is 1. The van der Waals surface area contributed by atoms with Gasteiger partial charge in [-0.15, -0.1) is 0 Å². The van der Waals surface area contributed by atoms with Crippen molar-refractivity contribution in [2.75, 3.05) is 13.1 Å². The van der Waals surface area contributed by atoms with Crippen LogP contribution in [0.2, 0.25) is 0 Å². The standard InChI is InChI=1S/C13H26N2/c1-3-11-10-15(12(4-2)9-14-11)13-7-5-6-8-13/h11-14H,3-10H2,1-2H3. The first kappa shape index (κ1) is 11.4. The summed E-state index contributed by atoms with van der Waals surface area (Å²) in [7, 11) is 0. The third-order valence-electron chi connectivity index (χ3n) is 4.30. The zero-order valence-electron chi connectivity index (χ0n) is 10.3. The normalized spacial score (nSPS) is 34.8. The Morgan fingerprint density at radius 1 is 1.13 bits per heavy atom. The molecule has 2 aliphatic rings. The van der Waals surface area contributed by atoms with Crippen molar-refractivity contribution in [1.29, 1.82) is 0 Å². The average molecular weight is 210 g/mol. The fraction of sp³-hybridized carbons (Fsp3) is 1.00. The van der Waals surface area contributed by atoms with E-state index in [0.717, 1.165) is 18.1 Å². The molecule has 1 saturated carbocycles. The summed E-state index contributed by atoms with van der Waals surface area (Å²) in [6.07, 6.45) is 8.41. The van der Waals surface area contributed by atoms with E-state index in [9.17, 15) is 0 Å². The SMILES string of the molecule is CCC1CN(C2CCCC2)C(CC)CN1. The maximum absolute atomic E-state index is 3.68. The number of rotatable bonds is 3. The fourth-order valence-electron chi connectivity index (χ4n) is 3.22. The maximum atomic E-state index is 3.68. The number of nitrogens with one attached hydrogen (secondary N) is 1. The van der Waals surface area contributed by atoms with Gasteiger partial charge < -0.3 is 5.32 Å². The lowest BCUT2D eigenvalue weighted by Crippen LogP contribution is -2.58. The Morgan fingerprint density at radius 3 is 2.47 bits per heavy atom. The molecule has 0 radical (unpaired) electrons. The van der Waals surface area contributed by atoms with Crippen LogP contribution in [0.25, 0.3) is 0 Å². The zero-order valence-corrected chi connectivity index (χ0v) is 10.3. The molecule has 1 heterocycles. The molecular formula is C13H26N2. The summed E-state index contributed by atoms with van der Waals surface area (Å²) in [5.41, 5.74) is 0. The summed E-state index contributed by atoms with van der Waals surface area (Å²) in [5.74, 6) is 0. The quantitative estimate of drug-likeness (QED) is 0.769. The molecule has 2 heteroatoms. The monoisotopic (exact) mass is 210 g/mol. The van der Waals surface area contributed by atoms with Crippen molar-refractivity contribution in [3.63, 3.8) is 0 Å². The highest BCUT2D eigenvalue weighted by Crippen LogP contribution is 2.27. The smallest absolute Gasteiger partial charge is 0.0221 e.